The number of hydrogen-bond donors (Lipinski definition) is 2. The van der Waals surface area contributed by atoms with Crippen molar-refractivity contribution in [2.24, 2.45) is 0 Å². The summed E-state index contributed by atoms with van der Waals surface area (Å²) in [4.78, 5) is 24.3. The number of halogens is 4. The predicted octanol–water partition coefficient (Wildman–Crippen LogP) is 4.72. The van der Waals surface area contributed by atoms with E-state index < -0.39 is 35.5 Å². The highest BCUT2D eigenvalue weighted by Gasteiger charge is 2.61. The van der Waals surface area contributed by atoms with Gasteiger partial charge in [-0.05, 0) is 39.0 Å². The molecule has 1 unspecified atom stereocenters. The maximum absolute atomic E-state index is 13.9. The molecule has 0 radical (unpaired) electrons. The number of rotatable bonds is 5. The van der Waals surface area contributed by atoms with Crippen molar-refractivity contribution < 1.29 is 32.6 Å². The number of ether oxygens (including phenoxy) is 1. The zero-order chi connectivity index (χ0) is 22.3. The number of carbonyl (C=O) groups excluding carboxylic acids is 2. The summed E-state index contributed by atoms with van der Waals surface area (Å²) < 4.78 is 46.7. The molecule has 1 amide bonds. The van der Waals surface area contributed by atoms with Crippen molar-refractivity contribution in [3.63, 3.8) is 0 Å². The number of esters is 1. The van der Waals surface area contributed by atoms with Crippen LogP contribution in [0.2, 0.25) is 0 Å². The van der Waals surface area contributed by atoms with Crippen LogP contribution < -0.4 is 5.32 Å². The van der Waals surface area contributed by atoms with Crippen LogP contribution in [-0.4, -0.2) is 28.8 Å². The van der Waals surface area contributed by atoms with E-state index in [1.165, 1.54) is 26.0 Å². The number of aliphatic hydroxyl groups is 1. The lowest BCUT2D eigenvalue weighted by Gasteiger charge is -2.36. The van der Waals surface area contributed by atoms with Gasteiger partial charge < -0.3 is 15.2 Å². The van der Waals surface area contributed by atoms with Crippen LogP contribution in [-0.2, 0) is 21.6 Å². The molecule has 2 aromatic carbocycles. The lowest BCUT2D eigenvalue weighted by atomic mass is 9.74. The van der Waals surface area contributed by atoms with Crippen molar-refractivity contribution in [2.45, 2.75) is 44.1 Å². The number of nitrogens with one attached hydrogen (secondary N) is 1. The zero-order valence-corrected chi connectivity index (χ0v) is 17.7. The molecule has 2 aromatic rings. The first-order valence-electron chi connectivity index (χ1n) is 9.01. The van der Waals surface area contributed by atoms with Gasteiger partial charge in [-0.25, -0.2) is 4.79 Å². The molecule has 0 bridgehead atoms. The number of anilines is 1. The molecule has 160 valence electrons. The Bertz CT molecular complexity index is 992. The topological polar surface area (TPSA) is 75.6 Å². The summed E-state index contributed by atoms with van der Waals surface area (Å²) in [6.07, 6.45) is -6.10. The summed E-state index contributed by atoms with van der Waals surface area (Å²) in [6, 6.07) is 11.1. The average molecular weight is 486 g/mol. The molecule has 1 aliphatic rings. The molecule has 30 heavy (non-hydrogen) atoms. The number of cyclic esters (lactones) is 1. The smallest absolute Gasteiger partial charge is 0.426 e. The highest BCUT2D eigenvalue weighted by atomic mass is 79.9. The summed E-state index contributed by atoms with van der Waals surface area (Å²) in [6.45, 7) is 3.01. The molecule has 5 nitrogen and oxygen atoms in total. The maximum atomic E-state index is 13.9. The number of carbonyl (C=O) groups is 2. The largest absolute Gasteiger partial charge is 0.457 e. The summed E-state index contributed by atoms with van der Waals surface area (Å²) in [5, 5.41) is 12.7. The Morgan fingerprint density at radius 1 is 1.20 bits per heavy atom. The van der Waals surface area contributed by atoms with Gasteiger partial charge in [0.2, 0.25) is 5.60 Å². The van der Waals surface area contributed by atoms with E-state index in [1.54, 1.807) is 30.3 Å². The van der Waals surface area contributed by atoms with Crippen LogP contribution in [0, 0.1) is 0 Å². The van der Waals surface area contributed by atoms with E-state index in [4.69, 9.17) is 4.74 Å². The molecule has 2 N–H and O–H groups in total. The number of benzene rings is 2. The third-order valence-electron chi connectivity index (χ3n) is 5.12. The van der Waals surface area contributed by atoms with Gasteiger partial charge in [0.25, 0.3) is 5.91 Å². The van der Waals surface area contributed by atoms with Crippen LogP contribution in [0.25, 0.3) is 0 Å². The van der Waals surface area contributed by atoms with Gasteiger partial charge in [-0.3, -0.25) is 4.79 Å². The molecule has 9 heteroatoms. The van der Waals surface area contributed by atoms with Gasteiger partial charge in [-0.15, -0.1) is 0 Å². The van der Waals surface area contributed by atoms with Gasteiger partial charge in [0, 0.05) is 16.5 Å². The fourth-order valence-electron chi connectivity index (χ4n) is 3.41. The van der Waals surface area contributed by atoms with Gasteiger partial charge in [0.05, 0.1) is 11.3 Å². The second-order valence-electron chi connectivity index (χ2n) is 7.80. The zero-order valence-electron chi connectivity index (χ0n) is 16.1. The molecular weight excluding hydrogens is 467 g/mol. The lowest BCUT2D eigenvalue weighted by molar-refractivity contribution is -0.254. The van der Waals surface area contributed by atoms with Crippen molar-refractivity contribution in [2.75, 3.05) is 5.32 Å². The van der Waals surface area contributed by atoms with Crippen LogP contribution in [0.1, 0.15) is 41.8 Å². The van der Waals surface area contributed by atoms with E-state index in [0.29, 0.717) is 11.1 Å². The molecule has 0 aromatic heterocycles. The van der Waals surface area contributed by atoms with E-state index in [2.05, 4.69) is 21.2 Å². The van der Waals surface area contributed by atoms with Crippen molar-refractivity contribution in [3.05, 3.63) is 63.6 Å². The molecule has 0 fully saturated rings. The van der Waals surface area contributed by atoms with Gasteiger partial charge in [0.1, 0.15) is 6.61 Å². The lowest BCUT2D eigenvalue weighted by Crippen LogP contribution is -2.57. The summed E-state index contributed by atoms with van der Waals surface area (Å²) in [5.41, 5.74) is -3.56. The fraction of sp³-hybridized carbons (Fsp3) is 0.333. The molecule has 1 heterocycles. The Morgan fingerprint density at radius 3 is 2.43 bits per heavy atom. The number of fused-ring (bicyclic) bond motifs is 1. The standard InChI is InChI=1S/C21H19BrF3NO4/c1-19(2,13-6-4-3-5-7-13)11-20(29,21(23,24)25)18(28)26-16-8-12-10-30-17(27)14(12)9-15(16)22/h3-9,29H,10-11H2,1-2H3,(H,26,28). The van der Waals surface area contributed by atoms with Crippen LogP contribution in [0.15, 0.2) is 46.9 Å². The Labute approximate surface area is 179 Å². The van der Waals surface area contributed by atoms with Gasteiger partial charge >= 0.3 is 12.1 Å². The highest BCUT2D eigenvalue weighted by molar-refractivity contribution is 9.10. The summed E-state index contributed by atoms with van der Waals surface area (Å²) in [5.74, 6) is -2.16. The van der Waals surface area contributed by atoms with Crippen LogP contribution in [0.3, 0.4) is 0 Å². The second kappa shape index (κ2) is 7.70. The molecule has 1 aliphatic heterocycles. The maximum Gasteiger partial charge on any atom is 0.426 e. The SMILES string of the molecule is CC(C)(CC(O)(C(=O)Nc1cc2c(cc1Br)C(=O)OC2)C(F)(F)F)c1ccccc1. The highest BCUT2D eigenvalue weighted by Crippen LogP contribution is 2.42. The Morgan fingerprint density at radius 2 is 1.83 bits per heavy atom. The minimum atomic E-state index is -5.22. The number of hydrogen-bond acceptors (Lipinski definition) is 4. The van der Waals surface area contributed by atoms with Crippen molar-refractivity contribution in [1.29, 1.82) is 0 Å². The van der Waals surface area contributed by atoms with E-state index >= 15 is 0 Å². The normalized spacial score (nSPS) is 15.9. The summed E-state index contributed by atoms with van der Waals surface area (Å²) in [7, 11) is 0. The van der Waals surface area contributed by atoms with Crippen molar-refractivity contribution >= 4 is 33.5 Å². The third kappa shape index (κ3) is 4.09. The molecule has 0 aliphatic carbocycles. The average Bonchev–Trinajstić information content (AvgIpc) is 3.01. The fourth-order valence-corrected chi connectivity index (χ4v) is 3.85. The first kappa shape index (κ1) is 22.3. The van der Waals surface area contributed by atoms with E-state index in [1.807, 2.05) is 0 Å². The van der Waals surface area contributed by atoms with Gasteiger partial charge in [0.15, 0.2) is 0 Å². The molecular formula is C21H19BrF3NO4. The van der Waals surface area contributed by atoms with E-state index in [-0.39, 0.29) is 22.3 Å². The van der Waals surface area contributed by atoms with Crippen LogP contribution in [0.4, 0.5) is 18.9 Å². The molecule has 0 saturated heterocycles. The monoisotopic (exact) mass is 485 g/mol. The summed E-state index contributed by atoms with van der Waals surface area (Å²) >= 11 is 3.14. The third-order valence-corrected chi connectivity index (χ3v) is 5.77. The molecule has 0 spiro atoms. The number of amides is 1. The minimum Gasteiger partial charge on any atom is -0.457 e. The predicted molar refractivity (Wildman–Crippen MR) is 107 cm³/mol. The number of alkyl halides is 3. The van der Waals surface area contributed by atoms with Gasteiger partial charge in [-0.2, -0.15) is 13.2 Å². The quantitative estimate of drug-likeness (QED) is 0.600. The van der Waals surface area contributed by atoms with E-state index in [9.17, 15) is 27.9 Å². The first-order valence-corrected chi connectivity index (χ1v) is 9.80. The van der Waals surface area contributed by atoms with Crippen molar-refractivity contribution in [1.82, 2.24) is 0 Å². The van der Waals surface area contributed by atoms with Crippen molar-refractivity contribution in [3.8, 4) is 0 Å². The Balaban J connectivity index is 1.93. The second-order valence-corrected chi connectivity index (χ2v) is 8.66. The van der Waals surface area contributed by atoms with Crippen LogP contribution in [0.5, 0.6) is 0 Å². The van der Waals surface area contributed by atoms with Gasteiger partial charge in [-0.1, -0.05) is 44.2 Å². The van der Waals surface area contributed by atoms with E-state index in [0.717, 1.165) is 0 Å². The first-order chi connectivity index (χ1) is 13.8. The van der Waals surface area contributed by atoms with Crippen LogP contribution >= 0.6 is 15.9 Å². The molecule has 1 atom stereocenters. The minimum absolute atomic E-state index is 0.00255. The Kier molecular flexibility index (Phi) is 5.72. The molecule has 3 rings (SSSR count). The molecule has 0 saturated carbocycles. The Hall–Kier alpha value is -2.39.